The highest BCUT2D eigenvalue weighted by atomic mass is 16.5. The Bertz CT molecular complexity index is 1290. The molecule has 1 aliphatic rings. The number of carbonyl (C=O) groups excluding carboxylic acids is 1. The maximum atomic E-state index is 11.6. The standard InChI is InChI=1S/C25H24N4O2/c1-16-5-3-6-21(27-16)25-24(22-7-4-14-29(22)28-25)18-12-13-26-20-10-8-17(15-19(18)20)9-11-23(30)31-2/h3,5-6,8,10,12-13,15H,4,7,9,11,14H2,1-2H3. The van der Waals surface area contributed by atoms with Gasteiger partial charge >= 0.3 is 5.97 Å². The molecule has 3 aromatic heterocycles. The minimum atomic E-state index is -0.200. The van der Waals surface area contributed by atoms with Crippen molar-refractivity contribution < 1.29 is 9.53 Å². The number of rotatable bonds is 5. The molecule has 0 bridgehead atoms. The summed E-state index contributed by atoms with van der Waals surface area (Å²) in [7, 11) is 1.42. The Morgan fingerprint density at radius 2 is 2.10 bits per heavy atom. The average Bonchev–Trinajstić information content (AvgIpc) is 3.38. The van der Waals surface area contributed by atoms with Gasteiger partial charge in [-0.3, -0.25) is 19.4 Å². The molecule has 0 saturated heterocycles. The van der Waals surface area contributed by atoms with Crippen LogP contribution in [0.5, 0.6) is 0 Å². The van der Waals surface area contributed by atoms with Crippen LogP contribution < -0.4 is 0 Å². The van der Waals surface area contributed by atoms with Crippen LogP contribution >= 0.6 is 0 Å². The van der Waals surface area contributed by atoms with Crippen LogP contribution in [-0.4, -0.2) is 32.8 Å². The van der Waals surface area contributed by atoms with E-state index in [9.17, 15) is 4.79 Å². The molecule has 4 aromatic rings. The second-order valence-electron chi connectivity index (χ2n) is 7.95. The summed E-state index contributed by atoms with van der Waals surface area (Å²) >= 11 is 0. The van der Waals surface area contributed by atoms with Crippen LogP contribution in [0.2, 0.25) is 0 Å². The summed E-state index contributed by atoms with van der Waals surface area (Å²) in [6.07, 6.45) is 4.96. The third-order valence-corrected chi connectivity index (χ3v) is 5.89. The van der Waals surface area contributed by atoms with Gasteiger partial charge in [-0.15, -0.1) is 0 Å². The Morgan fingerprint density at radius 3 is 2.94 bits per heavy atom. The van der Waals surface area contributed by atoms with Gasteiger partial charge in [0.15, 0.2) is 0 Å². The monoisotopic (exact) mass is 412 g/mol. The third-order valence-electron chi connectivity index (χ3n) is 5.89. The Morgan fingerprint density at radius 1 is 1.19 bits per heavy atom. The molecular weight excluding hydrogens is 388 g/mol. The number of esters is 1. The molecule has 5 rings (SSSR count). The number of nitrogens with zero attached hydrogens (tertiary/aromatic N) is 4. The summed E-state index contributed by atoms with van der Waals surface area (Å²) in [5.41, 5.74) is 8.33. The number of hydrogen-bond donors (Lipinski definition) is 0. The fraction of sp³-hybridized carbons (Fsp3) is 0.280. The molecule has 6 heteroatoms. The van der Waals surface area contributed by atoms with Gasteiger partial charge in [0.1, 0.15) is 5.69 Å². The van der Waals surface area contributed by atoms with Crippen molar-refractivity contribution in [1.82, 2.24) is 19.7 Å². The number of ether oxygens (including phenoxy) is 1. The molecule has 0 N–H and O–H groups in total. The molecule has 0 amide bonds. The van der Waals surface area contributed by atoms with E-state index in [0.29, 0.717) is 12.8 Å². The van der Waals surface area contributed by atoms with Crippen molar-refractivity contribution in [2.45, 2.75) is 39.2 Å². The van der Waals surface area contributed by atoms with E-state index in [1.54, 1.807) is 0 Å². The van der Waals surface area contributed by atoms with E-state index in [-0.39, 0.29) is 5.97 Å². The van der Waals surface area contributed by atoms with Gasteiger partial charge in [0.05, 0.1) is 18.3 Å². The molecule has 31 heavy (non-hydrogen) atoms. The first-order valence-corrected chi connectivity index (χ1v) is 10.6. The quantitative estimate of drug-likeness (QED) is 0.451. The van der Waals surface area contributed by atoms with E-state index in [0.717, 1.165) is 64.1 Å². The van der Waals surface area contributed by atoms with Gasteiger partial charge < -0.3 is 4.74 Å². The van der Waals surface area contributed by atoms with Gasteiger partial charge in [0, 0.05) is 41.5 Å². The Hall–Kier alpha value is -3.54. The molecule has 156 valence electrons. The maximum absolute atomic E-state index is 11.6. The van der Waals surface area contributed by atoms with Crippen LogP contribution in [0.15, 0.2) is 48.7 Å². The van der Waals surface area contributed by atoms with Crippen LogP contribution in [0.1, 0.15) is 29.8 Å². The summed E-state index contributed by atoms with van der Waals surface area (Å²) in [6.45, 7) is 2.93. The third kappa shape index (κ3) is 3.58. The lowest BCUT2D eigenvalue weighted by Crippen LogP contribution is -2.02. The van der Waals surface area contributed by atoms with Gasteiger partial charge in [-0.05, 0) is 67.6 Å². The highest BCUT2D eigenvalue weighted by Gasteiger charge is 2.25. The van der Waals surface area contributed by atoms with Gasteiger partial charge in [-0.25, -0.2) is 0 Å². The van der Waals surface area contributed by atoms with Crippen molar-refractivity contribution in [3.63, 3.8) is 0 Å². The Balaban J connectivity index is 1.68. The van der Waals surface area contributed by atoms with Crippen molar-refractivity contribution >= 4 is 16.9 Å². The van der Waals surface area contributed by atoms with Crippen LogP contribution in [0, 0.1) is 6.92 Å². The normalized spacial score (nSPS) is 12.8. The van der Waals surface area contributed by atoms with Gasteiger partial charge in [-0.1, -0.05) is 12.1 Å². The van der Waals surface area contributed by atoms with Crippen LogP contribution in [0.25, 0.3) is 33.4 Å². The molecule has 6 nitrogen and oxygen atoms in total. The second-order valence-corrected chi connectivity index (χ2v) is 7.95. The van der Waals surface area contributed by atoms with Crippen molar-refractivity contribution in [2.75, 3.05) is 7.11 Å². The second kappa shape index (κ2) is 7.95. The molecule has 0 radical (unpaired) electrons. The average molecular weight is 412 g/mol. The first-order chi connectivity index (χ1) is 15.1. The Labute approximate surface area is 180 Å². The van der Waals surface area contributed by atoms with Crippen molar-refractivity contribution in [2.24, 2.45) is 0 Å². The zero-order valence-electron chi connectivity index (χ0n) is 17.8. The fourth-order valence-corrected chi connectivity index (χ4v) is 4.38. The van der Waals surface area contributed by atoms with E-state index >= 15 is 0 Å². The first-order valence-electron chi connectivity index (χ1n) is 10.6. The molecule has 0 atom stereocenters. The van der Waals surface area contributed by atoms with Crippen molar-refractivity contribution in [3.8, 4) is 22.5 Å². The SMILES string of the molecule is COC(=O)CCc1ccc2nccc(-c3c(-c4cccc(C)n4)nn4c3CCC4)c2c1. The van der Waals surface area contributed by atoms with Gasteiger partial charge in [-0.2, -0.15) is 5.10 Å². The van der Waals surface area contributed by atoms with E-state index < -0.39 is 0 Å². The van der Waals surface area contributed by atoms with Crippen molar-refractivity contribution in [3.05, 3.63) is 65.6 Å². The first kappa shape index (κ1) is 19.4. The van der Waals surface area contributed by atoms with E-state index in [2.05, 4.69) is 21.8 Å². The number of hydrogen-bond acceptors (Lipinski definition) is 5. The number of aryl methyl sites for hydroxylation is 3. The zero-order chi connectivity index (χ0) is 21.4. The summed E-state index contributed by atoms with van der Waals surface area (Å²) in [6, 6.07) is 14.3. The summed E-state index contributed by atoms with van der Waals surface area (Å²) in [5.74, 6) is -0.200. The Kier molecular flexibility index (Phi) is 4.98. The molecule has 0 aliphatic carbocycles. The largest absolute Gasteiger partial charge is 0.469 e. The molecular formula is C25H24N4O2. The number of carbonyl (C=O) groups is 1. The van der Waals surface area contributed by atoms with Crippen LogP contribution in [-0.2, 0) is 28.9 Å². The zero-order valence-corrected chi connectivity index (χ0v) is 17.8. The maximum Gasteiger partial charge on any atom is 0.305 e. The lowest BCUT2D eigenvalue weighted by atomic mass is 9.95. The number of fused-ring (bicyclic) bond motifs is 2. The predicted molar refractivity (Wildman–Crippen MR) is 120 cm³/mol. The predicted octanol–water partition coefficient (Wildman–Crippen LogP) is 4.52. The highest BCUT2D eigenvalue weighted by Crippen LogP contribution is 2.39. The van der Waals surface area contributed by atoms with E-state index in [4.69, 9.17) is 14.8 Å². The molecule has 1 aliphatic heterocycles. The topological polar surface area (TPSA) is 69.9 Å². The minimum absolute atomic E-state index is 0.200. The van der Waals surface area contributed by atoms with E-state index in [1.165, 1.54) is 12.8 Å². The highest BCUT2D eigenvalue weighted by molar-refractivity contribution is 5.99. The molecule has 1 aromatic carbocycles. The lowest BCUT2D eigenvalue weighted by Gasteiger charge is -2.10. The number of pyridine rings is 2. The summed E-state index contributed by atoms with van der Waals surface area (Å²) in [4.78, 5) is 20.9. The number of benzene rings is 1. The molecule has 0 spiro atoms. The molecule has 0 saturated carbocycles. The fourth-order valence-electron chi connectivity index (χ4n) is 4.38. The molecule has 4 heterocycles. The van der Waals surface area contributed by atoms with E-state index in [1.807, 2.05) is 43.5 Å². The summed E-state index contributed by atoms with van der Waals surface area (Å²) in [5, 5.41) is 6.02. The lowest BCUT2D eigenvalue weighted by molar-refractivity contribution is -0.140. The number of methoxy groups -OCH3 is 1. The van der Waals surface area contributed by atoms with Crippen LogP contribution in [0.4, 0.5) is 0 Å². The summed E-state index contributed by atoms with van der Waals surface area (Å²) < 4.78 is 6.92. The number of aromatic nitrogens is 4. The molecule has 0 unspecified atom stereocenters. The molecule has 0 fully saturated rings. The minimum Gasteiger partial charge on any atom is -0.469 e. The van der Waals surface area contributed by atoms with Gasteiger partial charge in [0.25, 0.3) is 0 Å². The smallest absolute Gasteiger partial charge is 0.305 e. The van der Waals surface area contributed by atoms with Crippen LogP contribution in [0.3, 0.4) is 0 Å². The van der Waals surface area contributed by atoms with Crippen molar-refractivity contribution in [1.29, 1.82) is 0 Å². The van der Waals surface area contributed by atoms with Gasteiger partial charge in [0.2, 0.25) is 0 Å².